The molecule has 0 aliphatic heterocycles. The maximum absolute atomic E-state index is 12.2. The Hall–Kier alpha value is -2.67. The highest BCUT2D eigenvalue weighted by Crippen LogP contribution is 2.19. The summed E-state index contributed by atoms with van der Waals surface area (Å²) in [6.07, 6.45) is -1.41. The van der Waals surface area contributed by atoms with Crippen molar-refractivity contribution < 1.29 is 28.2 Å². The van der Waals surface area contributed by atoms with E-state index >= 15 is 0 Å². The van der Waals surface area contributed by atoms with Gasteiger partial charge in [0, 0.05) is 18.8 Å². The maximum atomic E-state index is 12.2. The Morgan fingerprint density at radius 2 is 1.75 bits per heavy atom. The van der Waals surface area contributed by atoms with Crippen LogP contribution >= 0.6 is 24.0 Å². The number of aliphatic imine (C=N–C) groups is 1. The van der Waals surface area contributed by atoms with Crippen molar-refractivity contribution >= 4 is 41.7 Å². The maximum Gasteiger partial charge on any atom is 0.411 e. The zero-order valence-electron chi connectivity index (χ0n) is 17.7. The number of hydrogen-bond donors (Lipinski definition) is 4. The summed E-state index contributed by atoms with van der Waals surface area (Å²) in [6.45, 7) is 0.204. The number of hydrogen-bond acceptors (Lipinski definition) is 5. The molecule has 0 aromatic heterocycles. The van der Waals surface area contributed by atoms with E-state index in [1.807, 2.05) is 19.1 Å². The number of amides is 1. The molecular formula is C21H27F2IN4O4. The van der Waals surface area contributed by atoms with E-state index in [1.54, 1.807) is 12.1 Å². The molecule has 0 spiro atoms. The zero-order chi connectivity index (χ0) is 22.6. The predicted octanol–water partition coefficient (Wildman–Crippen LogP) is 3.87. The minimum atomic E-state index is -2.89. The Labute approximate surface area is 202 Å². The molecule has 2 rings (SSSR count). The Balaban J connectivity index is 0.00000512. The Kier molecular flexibility index (Phi) is 12.3. The summed E-state index contributed by atoms with van der Waals surface area (Å²) < 4.78 is 33.3. The van der Waals surface area contributed by atoms with Crippen LogP contribution in [0.2, 0.25) is 0 Å². The molecule has 0 heterocycles. The number of nitrogens with one attached hydrogen (secondary N) is 3. The molecule has 0 fully saturated rings. The van der Waals surface area contributed by atoms with Crippen molar-refractivity contribution in [1.82, 2.24) is 10.6 Å². The van der Waals surface area contributed by atoms with Crippen LogP contribution in [-0.2, 0) is 11.3 Å². The van der Waals surface area contributed by atoms with Gasteiger partial charge in [0.2, 0.25) is 0 Å². The molecule has 1 amide bonds. The van der Waals surface area contributed by atoms with Gasteiger partial charge in [-0.05, 0) is 42.3 Å². The Morgan fingerprint density at radius 3 is 2.31 bits per heavy atom. The molecule has 0 aliphatic carbocycles. The summed E-state index contributed by atoms with van der Waals surface area (Å²) in [5, 5.41) is 19.0. The lowest BCUT2D eigenvalue weighted by Gasteiger charge is -2.16. The van der Waals surface area contributed by atoms with Crippen molar-refractivity contribution in [1.29, 1.82) is 0 Å². The molecule has 0 saturated heterocycles. The van der Waals surface area contributed by atoms with Gasteiger partial charge in [0.05, 0.1) is 19.8 Å². The molecule has 4 N–H and O–H groups in total. The van der Waals surface area contributed by atoms with E-state index in [9.17, 15) is 18.7 Å². The van der Waals surface area contributed by atoms with Crippen LogP contribution < -0.4 is 20.7 Å². The lowest BCUT2D eigenvalue weighted by atomic mass is 10.1. The number of benzene rings is 2. The van der Waals surface area contributed by atoms with Crippen molar-refractivity contribution in [2.45, 2.75) is 26.2 Å². The topological polar surface area (TPSA) is 104 Å². The van der Waals surface area contributed by atoms with Crippen LogP contribution in [0.1, 0.15) is 24.2 Å². The van der Waals surface area contributed by atoms with Gasteiger partial charge in [0.1, 0.15) is 5.75 Å². The number of anilines is 1. The number of nitrogens with zero attached hydrogens (tertiary/aromatic N) is 1. The van der Waals surface area contributed by atoms with Gasteiger partial charge in [-0.3, -0.25) is 5.32 Å². The number of carbonyl (C=O) groups is 1. The normalized spacial score (nSPS) is 11.9. The van der Waals surface area contributed by atoms with Crippen LogP contribution in [0.25, 0.3) is 0 Å². The quantitative estimate of drug-likeness (QED) is 0.210. The first-order chi connectivity index (χ1) is 14.9. The van der Waals surface area contributed by atoms with E-state index in [2.05, 4.69) is 30.4 Å². The average Bonchev–Trinajstić information content (AvgIpc) is 2.76. The Bertz CT molecular complexity index is 852. The van der Waals surface area contributed by atoms with E-state index in [1.165, 1.54) is 31.4 Å². The molecule has 11 heteroatoms. The van der Waals surface area contributed by atoms with Gasteiger partial charge >= 0.3 is 12.7 Å². The van der Waals surface area contributed by atoms with Crippen molar-refractivity contribution in [3.8, 4) is 5.75 Å². The van der Waals surface area contributed by atoms with Crippen LogP contribution in [0.15, 0.2) is 53.5 Å². The van der Waals surface area contributed by atoms with Crippen LogP contribution in [0.4, 0.5) is 19.3 Å². The number of guanidine groups is 1. The molecule has 8 nitrogen and oxygen atoms in total. The lowest BCUT2D eigenvalue weighted by molar-refractivity contribution is -0.0498. The van der Waals surface area contributed by atoms with E-state index in [-0.39, 0.29) is 36.3 Å². The number of methoxy groups -OCH3 is 1. The van der Waals surface area contributed by atoms with Crippen LogP contribution in [0.5, 0.6) is 5.75 Å². The minimum Gasteiger partial charge on any atom is -0.453 e. The second kappa shape index (κ2) is 14.4. The number of ether oxygens (including phenoxy) is 2. The zero-order valence-corrected chi connectivity index (χ0v) is 20.0. The molecule has 32 heavy (non-hydrogen) atoms. The average molecular weight is 564 g/mol. The minimum absolute atomic E-state index is 0. The number of halogens is 3. The second-order valence-corrected chi connectivity index (χ2v) is 6.35. The molecular weight excluding hydrogens is 537 g/mol. The molecule has 0 radical (unpaired) electrons. The summed E-state index contributed by atoms with van der Waals surface area (Å²) >= 11 is 0. The van der Waals surface area contributed by atoms with E-state index in [0.717, 1.165) is 5.56 Å². The van der Waals surface area contributed by atoms with Crippen molar-refractivity contribution in [2.75, 3.05) is 25.5 Å². The highest BCUT2D eigenvalue weighted by Gasteiger charge is 2.10. The van der Waals surface area contributed by atoms with Gasteiger partial charge < -0.3 is 25.2 Å². The van der Waals surface area contributed by atoms with Crippen LogP contribution in [-0.4, -0.2) is 44.0 Å². The first-order valence-corrected chi connectivity index (χ1v) is 9.60. The third-order valence-electron chi connectivity index (χ3n) is 4.10. The van der Waals surface area contributed by atoms with Crippen molar-refractivity contribution in [3.63, 3.8) is 0 Å². The number of alkyl halides is 2. The molecule has 176 valence electrons. The summed E-state index contributed by atoms with van der Waals surface area (Å²) in [7, 11) is 1.29. The monoisotopic (exact) mass is 564 g/mol. The number of carbonyl (C=O) groups excluding carboxylic acids is 1. The van der Waals surface area contributed by atoms with E-state index in [4.69, 9.17) is 0 Å². The van der Waals surface area contributed by atoms with Gasteiger partial charge in [-0.25, -0.2) is 9.79 Å². The molecule has 1 unspecified atom stereocenters. The van der Waals surface area contributed by atoms with Crippen molar-refractivity contribution in [2.24, 2.45) is 4.99 Å². The molecule has 2 aromatic carbocycles. The fourth-order valence-electron chi connectivity index (χ4n) is 2.56. The SMILES string of the molecule is CCNC(=NCc1ccc(NC(=O)OC)cc1)NCC(O)c1ccc(OC(F)F)cc1.I. The predicted molar refractivity (Wildman–Crippen MR) is 129 cm³/mol. The summed E-state index contributed by atoms with van der Waals surface area (Å²) in [6, 6.07) is 13.0. The van der Waals surface area contributed by atoms with Crippen LogP contribution in [0.3, 0.4) is 0 Å². The second-order valence-electron chi connectivity index (χ2n) is 6.35. The van der Waals surface area contributed by atoms with Gasteiger partial charge in [-0.2, -0.15) is 8.78 Å². The van der Waals surface area contributed by atoms with Crippen LogP contribution in [0, 0.1) is 0 Å². The Morgan fingerprint density at radius 1 is 1.09 bits per heavy atom. The van der Waals surface area contributed by atoms with E-state index < -0.39 is 18.8 Å². The van der Waals surface area contributed by atoms with Gasteiger partial charge in [0.15, 0.2) is 5.96 Å². The summed E-state index contributed by atoms with van der Waals surface area (Å²) in [4.78, 5) is 15.7. The van der Waals surface area contributed by atoms with Gasteiger partial charge in [-0.1, -0.05) is 24.3 Å². The van der Waals surface area contributed by atoms with Crippen molar-refractivity contribution in [3.05, 3.63) is 59.7 Å². The van der Waals surface area contributed by atoms with Gasteiger partial charge in [-0.15, -0.1) is 24.0 Å². The third-order valence-corrected chi connectivity index (χ3v) is 4.10. The van der Waals surface area contributed by atoms with E-state index in [0.29, 0.717) is 30.3 Å². The fourth-order valence-corrected chi connectivity index (χ4v) is 2.56. The molecule has 2 aromatic rings. The number of aliphatic hydroxyl groups excluding tert-OH is 1. The highest BCUT2D eigenvalue weighted by atomic mass is 127. The lowest BCUT2D eigenvalue weighted by Crippen LogP contribution is -2.39. The summed E-state index contributed by atoms with van der Waals surface area (Å²) in [5.41, 5.74) is 2.08. The fraction of sp³-hybridized carbons (Fsp3) is 0.333. The molecule has 0 aliphatic rings. The first kappa shape index (κ1) is 27.4. The highest BCUT2D eigenvalue weighted by molar-refractivity contribution is 14.0. The van der Waals surface area contributed by atoms with Gasteiger partial charge in [0.25, 0.3) is 0 Å². The molecule has 0 saturated carbocycles. The largest absolute Gasteiger partial charge is 0.453 e. The summed E-state index contributed by atoms with van der Waals surface area (Å²) in [5.74, 6) is 0.539. The number of aliphatic hydroxyl groups is 1. The standard InChI is InChI=1S/C21H26F2N4O4.HI/c1-3-24-20(25-12-14-4-8-16(9-5-14)27-21(29)30-2)26-13-18(28)15-6-10-17(11-7-15)31-19(22)23;/h4-11,18-19,28H,3,12-13H2,1-2H3,(H,27,29)(H2,24,25,26);1H. The molecule has 1 atom stereocenters. The molecule has 0 bridgehead atoms. The first-order valence-electron chi connectivity index (χ1n) is 9.60. The smallest absolute Gasteiger partial charge is 0.411 e. The number of rotatable bonds is 9. The third kappa shape index (κ3) is 9.64.